The first-order chi connectivity index (χ1) is 14.3. The third-order valence-electron chi connectivity index (χ3n) is 6.20. The Kier molecular flexibility index (Phi) is 6.25. The topological polar surface area (TPSA) is 65.5 Å². The lowest BCUT2D eigenvalue weighted by atomic mass is 9.85. The molecule has 1 aromatic rings. The number of nitrogens with zero attached hydrogens (tertiary/aromatic N) is 1. The van der Waals surface area contributed by atoms with E-state index in [1.807, 2.05) is 0 Å². The molecule has 1 heterocycles. The van der Waals surface area contributed by atoms with Gasteiger partial charge in [0.2, 0.25) is 0 Å². The molecule has 0 saturated heterocycles. The first kappa shape index (κ1) is 21.4. The van der Waals surface area contributed by atoms with Crippen molar-refractivity contribution in [3.63, 3.8) is 0 Å². The van der Waals surface area contributed by atoms with Gasteiger partial charge >= 0.3 is 6.18 Å². The Morgan fingerprint density at radius 1 is 1.17 bits per heavy atom. The van der Waals surface area contributed by atoms with E-state index in [4.69, 9.17) is 11.6 Å². The van der Waals surface area contributed by atoms with Crippen molar-refractivity contribution in [2.24, 2.45) is 16.9 Å². The average Bonchev–Trinajstić information content (AvgIpc) is 3.45. The van der Waals surface area contributed by atoms with Gasteiger partial charge in [0.05, 0.1) is 22.3 Å². The smallest absolute Gasteiger partial charge is 0.349 e. The Hall–Kier alpha value is -1.80. The van der Waals surface area contributed by atoms with Crippen molar-refractivity contribution < 1.29 is 18.0 Å². The van der Waals surface area contributed by atoms with Crippen molar-refractivity contribution in [2.45, 2.75) is 63.3 Å². The minimum atomic E-state index is -4.51. The maximum absolute atomic E-state index is 12.9. The number of amides is 1. The second kappa shape index (κ2) is 8.75. The van der Waals surface area contributed by atoms with Crippen molar-refractivity contribution >= 4 is 23.2 Å². The number of carbonyl (C=O) groups excluding carboxylic acids is 1. The highest BCUT2D eigenvalue weighted by molar-refractivity contribution is 6.33. The van der Waals surface area contributed by atoms with E-state index in [2.05, 4.69) is 21.2 Å². The zero-order chi connectivity index (χ0) is 21.3. The lowest BCUT2D eigenvalue weighted by Crippen LogP contribution is -2.42. The molecule has 0 spiro atoms. The van der Waals surface area contributed by atoms with E-state index >= 15 is 0 Å². The van der Waals surface area contributed by atoms with E-state index in [-0.39, 0.29) is 22.8 Å². The molecule has 0 radical (unpaired) electrons. The van der Waals surface area contributed by atoms with Crippen LogP contribution in [-0.4, -0.2) is 30.4 Å². The summed E-state index contributed by atoms with van der Waals surface area (Å²) in [4.78, 5) is 12.5. The van der Waals surface area contributed by atoms with Crippen molar-refractivity contribution in [1.82, 2.24) is 16.1 Å². The van der Waals surface area contributed by atoms with Crippen LogP contribution in [0.3, 0.4) is 0 Å². The number of rotatable bonds is 6. The first-order valence-corrected chi connectivity index (χ1v) is 10.9. The van der Waals surface area contributed by atoms with Crippen molar-refractivity contribution in [3.05, 3.63) is 34.3 Å². The molecular weight excluding hydrogens is 417 g/mol. The molecule has 1 aliphatic heterocycles. The maximum atomic E-state index is 12.9. The molecule has 3 aliphatic rings. The summed E-state index contributed by atoms with van der Waals surface area (Å²) < 4.78 is 38.8. The number of halogens is 4. The molecular formula is C21H26ClF3N4O. The maximum Gasteiger partial charge on any atom is 0.416 e. The van der Waals surface area contributed by atoms with Gasteiger partial charge in [-0.05, 0) is 75.1 Å². The molecule has 1 amide bonds. The lowest BCUT2D eigenvalue weighted by Gasteiger charge is -2.30. The molecule has 1 atom stereocenters. The van der Waals surface area contributed by atoms with Crippen molar-refractivity contribution in [2.75, 3.05) is 6.54 Å². The summed E-state index contributed by atoms with van der Waals surface area (Å²) in [6.45, 7) is 0.894. The Morgan fingerprint density at radius 2 is 1.90 bits per heavy atom. The Bertz CT molecular complexity index is 817. The van der Waals surface area contributed by atoms with Crippen LogP contribution >= 0.6 is 11.6 Å². The highest BCUT2D eigenvalue weighted by atomic mass is 35.5. The molecule has 2 fully saturated rings. The van der Waals surface area contributed by atoms with Gasteiger partial charge in [0.1, 0.15) is 0 Å². The zero-order valence-electron chi connectivity index (χ0n) is 16.6. The van der Waals surface area contributed by atoms with E-state index in [1.54, 1.807) is 0 Å². The summed E-state index contributed by atoms with van der Waals surface area (Å²) in [6.07, 6.45) is 2.70. The molecule has 5 nitrogen and oxygen atoms in total. The van der Waals surface area contributed by atoms with Crippen LogP contribution < -0.4 is 16.1 Å². The molecule has 4 rings (SSSR count). The van der Waals surface area contributed by atoms with E-state index in [9.17, 15) is 18.0 Å². The Balaban J connectivity index is 1.21. The van der Waals surface area contributed by atoms with E-state index in [0.29, 0.717) is 11.8 Å². The van der Waals surface area contributed by atoms with E-state index in [1.165, 1.54) is 18.6 Å². The predicted molar refractivity (Wildman–Crippen MR) is 109 cm³/mol. The molecule has 2 saturated carbocycles. The molecule has 9 heteroatoms. The number of hydrogen-bond donors (Lipinski definition) is 3. The molecule has 0 aromatic heterocycles. The van der Waals surface area contributed by atoms with Crippen LogP contribution in [0.2, 0.25) is 5.02 Å². The second-order valence-electron chi connectivity index (χ2n) is 8.55. The van der Waals surface area contributed by atoms with Gasteiger partial charge in [-0.25, -0.2) is 0 Å². The fraction of sp³-hybridized carbons (Fsp3) is 0.619. The summed E-state index contributed by atoms with van der Waals surface area (Å²) in [5, 5.41) is 10.8. The largest absolute Gasteiger partial charge is 0.416 e. The molecule has 1 aromatic carbocycles. The molecule has 1 unspecified atom stereocenters. The van der Waals surface area contributed by atoms with Gasteiger partial charge < -0.3 is 5.32 Å². The van der Waals surface area contributed by atoms with Gasteiger partial charge in [-0.15, -0.1) is 0 Å². The third kappa shape index (κ3) is 5.27. The monoisotopic (exact) mass is 442 g/mol. The van der Waals surface area contributed by atoms with Crippen LogP contribution in [0.4, 0.5) is 13.2 Å². The summed E-state index contributed by atoms with van der Waals surface area (Å²) in [6, 6.07) is 2.78. The molecule has 2 aliphatic carbocycles. The van der Waals surface area contributed by atoms with Crippen LogP contribution in [0.5, 0.6) is 0 Å². The lowest BCUT2D eigenvalue weighted by molar-refractivity contribution is -0.137. The highest BCUT2D eigenvalue weighted by Gasteiger charge is 2.33. The third-order valence-corrected chi connectivity index (χ3v) is 6.53. The van der Waals surface area contributed by atoms with Crippen LogP contribution in [0.1, 0.15) is 60.9 Å². The van der Waals surface area contributed by atoms with Gasteiger partial charge in [0.25, 0.3) is 5.91 Å². The number of alkyl halides is 3. The molecule has 164 valence electrons. The minimum absolute atomic E-state index is 0.0234. The standard InChI is InChI=1S/C21H26ClF3N4O/c22-17-8-5-14(21(23,24)25)9-16(17)20(30)27-15-6-1-12(2-7-15)11-26-19-10-18(28-29-19)13-3-4-13/h5,8-9,12-13,15,19,26,29H,1-4,6-7,10-11H2,(H,27,30)/t12-,15-,19?. The summed E-state index contributed by atoms with van der Waals surface area (Å²) in [7, 11) is 0. The zero-order valence-corrected chi connectivity index (χ0v) is 17.3. The summed E-state index contributed by atoms with van der Waals surface area (Å²) in [5.41, 5.74) is 3.45. The van der Waals surface area contributed by atoms with Crippen LogP contribution in [-0.2, 0) is 6.18 Å². The van der Waals surface area contributed by atoms with Crippen LogP contribution in [0.25, 0.3) is 0 Å². The van der Waals surface area contributed by atoms with Gasteiger partial charge in [0.15, 0.2) is 0 Å². The highest BCUT2D eigenvalue weighted by Crippen LogP contribution is 2.34. The number of nitrogens with one attached hydrogen (secondary N) is 3. The second-order valence-corrected chi connectivity index (χ2v) is 8.96. The minimum Gasteiger partial charge on any atom is -0.349 e. The normalized spacial score (nSPS) is 26.8. The van der Waals surface area contributed by atoms with Gasteiger partial charge in [0, 0.05) is 18.2 Å². The molecule has 30 heavy (non-hydrogen) atoms. The van der Waals surface area contributed by atoms with E-state index in [0.717, 1.165) is 56.8 Å². The Labute approximate surface area is 178 Å². The number of hydrogen-bond acceptors (Lipinski definition) is 4. The van der Waals surface area contributed by atoms with Gasteiger partial charge in [-0.3, -0.25) is 15.5 Å². The van der Waals surface area contributed by atoms with Crippen LogP contribution in [0.15, 0.2) is 23.3 Å². The van der Waals surface area contributed by atoms with Crippen molar-refractivity contribution in [3.8, 4) is 0 Å². The molecule has 0 bridgehead atoms. The first-order valence-electron chi connectivity index (χ1n) is 10.5. The Morgan fingerprint density at radius 3 is 2.57 bits per heavy atom. The quantitative estimate of drug-likeness (QED) is 0.614. The number of carbonyl (C=O) groups is 1. The number of benzene rings is 1. The fourth-order valence-corrected chi connectivity index (χ4v) is 4.42. The molecule has 3 N–H and O–H groups in total. The summed E-state index contributed by atoms with van der Waals surface area (Å²) in [5.74, 6) is 0.656. The average molecular weight is 443 g/mol. The summed E-state index contributed by atoms with van der Waals surface area (Å²) >= 11 is 5.97. The SMILES string of the molecule is O=C(N[C@H]1CC[C@H](CNC2CC(C3CC3)=NN2)CC1)c1cc(C(F)(F)F)ccc1Cl. The van der Waals surface area contributed by atoms with Gasteiger partial charge in [-0.2, -0.15) is 18.3 Å². The van der Waals surface area contributed by atoms with Crippen LogP contribution in [0, 0.1) is 11.8 Å². The van der Waals surface area contributed by atoms with Gasteiger partial charge in [-0.1, -0.05) is 11.6 Å². The number of hydrazone groups is 1. The fourth-order valence-electron chi connectivity index (χ4n) is 4.21. The predicted octanol–water partition coefficient (Wildman–Crippen LogP) is 4.32. The van der Waals surface area contributed by atoms with E-state index < -0.39 is 17.6 Å². The van der Waals surface area contributed by atoms with Crippen molar-refractivity contribution in [1.29, 1.82) is 0 Å².